The number of benzene rings is 2. The molecule has 0 radical (unpaired) electrons. The average Bonchev–Trinajstić information content (AvgIpc) is 2.53. The summed E-state index contributed by atoms with van der Waals surface area (Å²) in [5, 5.41) is 0. The lowest BCUT2D eigenvalue weighted by atomic mass is 9.99. The number of rotatable bonds is 7. The molecule has 23 heavy (non-hydrogen) atoms. The molecular formula is C20H24O2S. The minimum atomic E-state index is 0.0493. The van der Waals surface area contributed by atoms with Gasteiger partial charge in [0.1, 0.15) is 5.75 Å². The number of carbonyl (C=O) groups is 1. The maximum Gasteiger partial charge on any atom is 0.176 e. The highest BCUT2D eigenvalue weighted by atomic mass is 32.2. The maximum atomic E-state index is 12.7. The van der Waals surface area contributed by atoms with Gasteiger partial charge in [-0.3, -0.25) is 4.79 Å². The van der Waals surface area contributed by atoms with Gasteiger partial charge in [-0.1, -0.05) is 38.1 Å². The largest absolute Gasteiger partial charge is 0.490 e. The summed E-state index contributed by atoms with van der Waals surface area (Å²) < 4.78 is 5.82. The SMILES string of the molecule is CC(C)Oc1ccc(C(C)C)cc1C(=O)CSc1ccccc1. The van der Waals surface area contributed by atoms with Crippen LogP contribution in [0.5, 0.6) is 5.75 Å². The Morgan fingerprint density at radius 1 is 1.04 bits per heavy atom. The van der Waals surface area contributed by atoms with Gasteiger partial charge in [-0.25, -0.2) is 0 Å². The maximum absolute atomic E-state index is 12.7. The molecule has 0 fully saturated rings. The molecule has 0 N–H and O–H groups in total. The molecule has 0 heterocycles. The Balaban J connectivity index is 2.20. The summed E-state index contributed by atoms with van der Waals surface area (Å²) in [4.78, 5) is 13.8. The van der Waals surface area contributed by atoms with Crippen LogP contribution in [0.2, 0.25) is 0 Å². The van der Waals surface area contributed by atoms with E-state index in [4.69, 9.17) is 4.74 Å². The van der Waals surface area contributed by atoms with Crippen LogP contribution in [0, 0.1) is 0 Å². The Hall–Kier alpha value is -1.74. The molecule has 122 valence electrons. The Bertz CT molecular complexity index is 648. The first-order chi connectivity index (χ1) is 11.0. The summed E-state index contributed by atoms with van der Waals surface area (Å²) in [6, 6.07) is 15.9. The van der Waals surface area contributed by atoms with Crippen LogP contribution < -0.4 is 4.74 Å². The predicted octanol–water partition coefficient (Wildman–Crippen LogP) is 5.57. The van der Waals surface area contributed by atoms with Gasteiger partial charge in [-0.2, -0.15) is 0 Å². The van der Waals surface area contributed by atoms with Crippen LogP contribution >= 0.6 is 11.8 Å². The van der Waals surface area contributed by atoms with E-state index in [2.05, 4.69) is 13.8 Å². The highest BCUT2D eigenvalue weighted by Crippen LogP contribution is 2.28. The summed E-state index contributed by atoms with van der Waals surface area (Å²) in [5.41, 5.74) is 1.85. The lowest BCUT2D eigenvalue weighted by Gasteiger charge is -2.16. The fraction of sp³-hybridized carbons (Fsp3) is 0.350. The molecule has 0 atom stereocenters. The fourth-order valence-electron chi connectivity index (χ4n) is 2.22. The zero-order valence-corrected chi connectivity index (χ0v) is 15.0. The fourth-order valence-corrected chi connectivity index (χ4v) is 3.03. The van der Waals surface area contributed by atoms with Gasteiger partial charge < -0.3 is 4.74 Å². The third-order valence-electron chi connectivity index (χ3n) is 3.45. The normalized spacial score (nSPS) is 11.0. The van der Waals surface area contributed by atoms with Gasteiger partial charge in [-0.05, 0) is 49.6 Å². The van der Waals surface area contributed by atoms with Crippen molar-refractivity contribution in [3.05, 3.63) is 59.7 Å². The second kappa shape index (κ2) is 8.21. The van der Waals surface area contributed by atoms with Gasteiger partial charge in [0.25, 0.3) is 0 Å². The van der Waals surface area contributed by atoms with Crippen molar-refractivity contribution in [3.8, 4) is 5.75 Å². The molecule has 0 amide bonds. The van der Waals surface area contributed by atoms with Gasteiger partial charge in [0.2, 0.25) is 0 Å². The molecule has 3 heteroatoms. The Morgan fingerprint density at radius 2 is 1.74 bits per heavy atom. The first kappa shape index (κ1) is 17.6. The van der Waals surface area contributed by atoms with Crippen molar-refractivity contribution in [3.63, 3.8) is 0 Å². The number of ether oxygens (including phenoxy) is 1. The van der Waals surface area contributed by atoms with E-state index in [9.17, 15) is 4.79 Å². The van der Waals surface area contributed by atoms with Crippen molar-refractivity contribution in [2.45, 2.75) is 44.6 Å². The minimum Gasteiger partial charge on any atom is -0.490 e. The molecule has 0 aromatic heterocycles. The van der Waals surface area contributed by atoms with E-state index in [1.807, 2.05) is 62.4 Å². The van der Waals surface area contributed by atoms with Crippen molar-refractivity contribution in [2.24, 2.45) is 0 Å². The third-order valence-corrected chi connectivity index (χ3v) is 4.46. The van der Waals surface area contributed by atoms with E-state index >= 15 is 0 Å². The smallest absolute Gasteiger partial charge is 0.176 e. The van der Waals surface area contributed by atoms with Crippen LogP contribution in [-0.4, -0.2) is 17.6 Å². The highest BCUT2D eigenvalue weighted by Gasteiger charge is 2.16. The average molecular weight is 328 g/mol. The molecule has 0 spiro atoms. The molecule has 0 saturated carbocycles. The van der Waals surface area contributed by atoms with Crippen LogP contribution in [0.15, 0.2) is 53.4 Å². The molecule has 0 bridgehead atoms. The van der Waals surface area contributed by atoms with E-state index in [-0.39, 0.29) is 11.9 Å². The van der Waals surface area contributed by atoms with Gasteiger partial charge in [0.15, 0.2) is 5.78 Å². The minimum absolute atomic E-state index is 0.0493. The third kappa shape index (κ3) is 5.14. The molecule has 0 aliphatic rings. The second-order valence-electron chi connectivity index (χ2n) is 6.10. The summed E-state index contributed by atoms with van der Waals surface area (Å²) in [6.45, 7) is 8.21. The first-order valence-electron chi connectivity index (χ1n) is 7.99. The van der Waals surface area contributed by atoms with Gasteiger partial charge in [0, 0.05) is 4.90 Å². The van der Waals surface area contributed by atoms with E-state index in [0.29, 0.717) is 23.0 Å². The highest BCUT2D eigenvalue weighted by molar-refractivity contribution is 8.00. The van der Waals surface area contributed by atoms with Crippen molar-refractivity contribution in [1.82, 2.24) is 0 Å². The van der Waals surface area contributed by atoms with Gasteiger partial charge in [0.05, 0.1) is 17.4 Å². The van der Waals surface area contributed by atoms with Crippen molar-refractivity contribution in [2.75, 3.05) is 5.75 Å². The number of Topliss-reactive ketones (excluding diaryl/α,β-unsaturated/α-hetero) is 1. The second-order valence-corrected chi connectivity index (χ2v) is 7.15. The number of hydrogen-bond donors (Lipinski definition) is 0. The quantitative estimate of drug-likeness (QED) is 0.491. The number of thioether (sulfide) groups is 1. The summed E-state index contributed by atoms with van der Waals surface area (Å²) in [7, 11) is 0. The van der Waals surface area contributed by atoms with Gasteiger partial charge >= 0.3 is 0 Å². The Kier molecular flexibility index (Phi) is 6.28. The lowest BCUT2D eigenvalue weighted by Crippen LogP contribution is -2.12. The van der Waals surface area contributed by atoms with Crippen molar-refractivity contribution in [1.29, 1.82) is 0 Å². The van der Waals surface area contributed by atoms with E-state index < -0.39 is 0 Å². The molecule has 2 aromatic rings. The molecule has 0 unspecified atom stereocenters. The van der Waals surface area contributed by atoms with Gasteiger partial charge in [-0.15, -0.1) is 11.8 Å². The summed E-state index contributed by atoms with van der Waals surface area (Å²) in [5.74, 6) is 1.59. The topological polar surface area (TPSA) is 26.3 Å². The van der Waals surface area contributed by atoms with Crippen LogP contribution in [-0.2, 0) is 0 Å². The van der Waals surface area contributed by atoms with Crippen LogP contribution in [0.1, 0.15) is 49.5 Å². The number of ketones is 1. The number of hydrogen-bond acceptors (Lipinski definition) is 3. The monoisotopic (exact) mass is 328 g/mol. The Labute approximate surface area is 143 Å². The standard InChI is InChI=1S/C20H24O2S/c1-14(2)16-10-11-20(22-15(3)4)18(12-16)19(21)13-23-17-8-6-5-7-9-17/h5-12,14-15H,13H2,1-4H3. The molecule has 2 nitrogen and oxygen atoms in total. The van der Waals surface area contributed by atoms with Crippen molar-refractivity contribution < 1.29 is 9.53 Å². The van der Waals surface area contributed by atoms with E-state index in [1.54, 1.807) is 11.8 Å². The lowest BCUT2D eigenvalue weighted by molar-refractivity contribution is 0.101. The zero-order valence-electron chi connectivity index (χ0n) is 14.2. The molecular weight excluding hydrogens is 304 g/mol. The van der Waals surface area contributed by atoms with Crippen LogP contribution in [0.3, 0.4) is 0 Å². The molecule has 2 rings (SSSR count). The van der Waals surface area contributed by atoms with Crippen LogP contribution in [0.4, 0.5) is 0 Å². The Morgan fingerprint density at radius 3 is 2.35 bits per heavy atom. The summed E-state index contributed by atoms with van der Waals surface area (Å²) in [6.07, 6.45) is 0.0493. The first-order valence-corrected chi connectivity index (χ1v) is 8.97. The predicted molar refractivity (Wildman–Crippen MR) is 97.8 cm³/mol. The molecule has 2 aromatic carbocycles. The molecule has 0 aliphatic carbocycles. The van der Waals surface area contributed by atoms with E-state index in [1.165, 1.54) is 0 Å². The molecule has 0 aliphatic heterocycles. The zero-order chi connectivity index (χ0) is 16.8. The summed E-state index contributed by atoms with van der Waals surface area (Å²) >= 11 is 1.56. The van der Waals surface area contributed by atoms with E-state index in [0.717, 1.165) is 10.5 Å². The number of carbonyl (C=O) groups excluding carboxylic acids is 1. The van der Waals surface area contributed by atoms with Crippen molar-refractivity contribution >= 4 is 17.5 Å². The molecule has 0 saturated heterocycles. The van der Waals surface area contributed by atoms with Crippen LogP contribution in [0.25, 0.3) is 0 Å².